The number of carbonyl (C=O) groups excluding carboxylic acids is 1. The van der Waals surface area contributed by atoms with Crippen molar-refractivity contribution < 1.29 is 9.53 Å². The van der Waals surface area contributed by atoms with Gasteiger partial charge in [0.2, 0.25) is 0 Å². The molecule has 0 saturated carbocycles. The minimum atomic E-state index is -0.0130. The summed E-state index contributed by atoms with van der Waals surface area (Å²) in [5, 5.41) is 3.16. The maximum absolute atomic E-state index is 12.7. The average molecular weight is 412 g/mol. The second-order valence-corrected chi connectivity index (χ2v) is 7.78. The zero-order valence-electron chi connectivity index (χ0n) is 16.6. The third-order valence-corrected chi connectivity index (χ3v) is 5.77. The summed E-state index contributed by atoms with van der Waals surface area (Å²) < 4.78 is 5.50. The van der Waals surface area contributed by atoms with Crippen molar-refractivity contribution in [2.24, 2.45) is 0 Å². The molecule has 1 heterocycles. The maximum Gasteiger partial charge on any atom is 0.185 e. The molecule has 0 spiro atoms. The number of thioether (sulfide) groups is 1. The van der Waals surface area contributed by atoms with E-state index in [-0.39, 0.29) is 5.78 Å². The first-order chi connectivity index (χ1) is 14.7. The van der Waals surface area contributed by atoms with Crippen LogP contribution < -0.4 is 4.74 Å². The topological polar surface area (TPSA) is 39.2 Å². The Hall–Kier alpha value is -3.37. The molecule has 4 rings (SSSR count). The van der Waals surface area contributed by atoms with E-state index in [1.165, 1.54) is 0 Å². The van der Waals surface area contributed by atoms with Gasteiger partial charge in [-0.15, -0.1) is 11.8 Å². The van der Waals surface area contributed by atoms with Gasteiger partial charge in [-0.3, -0.25) is 4.79 Å². The summed E-state index contributed by atoms with van der Waals surface area (Å²) in [6.45, 7) is 0. The average Bonchev–Trinajstić information content (AvgIpc) is 2.81. The highest BCUT2D eigenvalue weighted by Gasteiger charge is 2.07. The van der Waals surface area contributed by atoms with Crippen molar-refractivity contribution in [1.29, 1.82) is 0 Å². The fraction of sp³-hybridized carbons (Fsp3) is 0.0769. The van der Waals surface area contributed by atoms with Crippen LogP contribution in [0, 0.1) is 0 Å². The molecule has 0 fully saturated rings. The SMILES string of the molecule is COc1ccc(/C=C/C(=O)c2ccc3ccccc3c2)cc1CSc1ccccn1. The third kappa shape index (κ3) is 4.78. The van der Waals surface area contributed by atoms with Gasteiger partial charge in [-0.05, 0) is 52.7 Å². The lowest BCUT2D eigenvalue weighted by atomic mass is 10.0. The molecule has 3 aromatic carbocycles. The summed E-state index contributed by atoms with van der Waals surface area (Å²) >= 11 is 1.65. The molecule has 0 aliphatic heterocycles. The molecule has 1 aromatic heterocycles. The predicted octanol–water partition coefficient (Wildman–Crippen LogP) is 6.43. The highest BCUT2D eigenvalue weighted by Crippen LogP contribution is 2.28. The van der Waals surface area contributed by atoms with E-state index in [1.807, 2.05) is 78.9 Å². The number of nitrogens with zero attached hydrogens (tertiary/aromatic N) is 1. The second kappa shape index (κ2) is 9.42. The number of fused-ring (bicyclic) bond motifs is 1. The molecule has 0 bridgehead atoms. The number of methoxy groups -OCH3 is 1. The largest absolute Gasteiger partial charge is 0.496 e. The van der Waals surface area contributed by atoms with Crippen LogP contribution in [0.15, 0.2) is 96.2 Å². The molecule has 0 amide bonds. The van der Waals surface area contributed by atoms with Gasteiger partial charge in [0, 0.05) is 23.1 Å². The van der Waals surface area contributed by atoms with Gasteiger partial charge in [-0.2, -0.15) is 0 Å². The Balaban J connectivity index is 1.51. The minimum absolute atomic E-state index is 0.0130. The molecule has 0 atom stereocenters. The molecule has 0 aliphatic rings. The van der Waals surface area contributed by atoms with Crippen molar-refractivity contribution >= 4 is 34.4 Å². The zero-order chi connectivity index (χ0) is 20.8. The summed E-state index contributed by atoms with van der Waals surface area (Å²) in [6, 6.07) is 25.7. The van der Waals surface area contributed by atoms with Crippen LogP contribution in [-0.2, 0) is 5.75 Å². The number of pyridine rings is 1. The summed E-state index contributed by atoms with van der Waals surface area (Å²) in [6.07, 6.45) is 5.27. The van der Waals surface area contributed by atoms with Gasteiger partial charge >= 0.3 is 0 Å². The van der Waals surface area contributed by atoms with Crippen LogP contribution in [0.1, 0.15) is 21.5 Å². The standard InChI is InChI=1S/C26H21NO2S/c1-29-25-14-10-19(16-23(25)18-30-26-8-4-5-15-27-26)9-13-24(28)22-12-11-20-6-2-3-7-21(20)17-22/h2-17H,18H2,1H3/b13-9+. The first kappa shape index (κ1) is 19.9. The number of allylic oxidation sites excluding steroid dienone is 1. The summed E-state index contributed by atoms with van der Waals surface area (Å²) in [7, 11) is 1.67. The first-order valence-corrected chi connectivity index (χ1v) is 10.6. The molecular formula is C26H21NO2S. The van der Waals surface area contributed by atoms with E-state index in [9.17, 15) is 4.79 Å². The van der Waals surface area contributed by atoms with E-state index >= 15 is 0 Å². The molecule has 0 N–H and O–H groups in total. The van der Waals surface area contributed by atoms with E-state index in [2.05, 4.69) is 11.1 Å². The van der Waals surface area contributed by atoms with Gasteiger partial charge in [0.25, 0.3) is 0 Å². The molecule has 148 valence electrons. The highest BCUT2D eigenvalue weighted by atomic mass is 32.2. The van der Waals surface area contributed by atoms with E-state index < -0.39 is 0 Å². The predicted molar refractivity (Wildman–Crippen MR) is 124 cm³/mol. The van der Waals surface area contributed by atoms with Gasteiger partial charge in [-0.25, -0.2) is 4.98 Å². The van der Waals surface area contributed by atoms with E-state index in [4.69, 9.17) is 4.74 Å². The lowest BCUT2D eigenvalue weighted by molar-refractivity contribution is 0.104. The monoisotopic (exact) mass is 411 g/mol. The zero-order valence-corrected chi connectivity index (χ0v) is 17.4. The molecule has 0 radical (unpaired) electrons. The minimum Gasteiger partial charge on any atom is -0.496 e. The third-order valence-electron chi connectivity index (χ3n) is 4.78. The Morgan fingerprint density at radius 2 is 1.80 bits per heavy atom. The Morgan fingerprint density at radius 1 is 0.967 bits per heavy atom. The smallest absolute Gasteiger partial charge is 0.185 e. The normalized spacial score (nSPS) is 11.1. The maximum atomic E-state index is 12.7. The molecule has 3 nitrogen and oxygen atoms in total. The Morgan fingerprint density at radius 3 is 2.60 bits per heavy atom. The van der Waals surface area contributed by atoms with Crippen molar-refractivity contribution in [3.8, 4) is 5.75 Å². The highest BCUT2D eigenvalue weighted by molar-refractivity contribution is 7.98. The van der Waals surface area contributed by atoms with Crippen molar-refractivity contribution in [3.05, 3.63) is 108 Å². The van der Waals surface area contributed by atoms with Gasteiger partial charge in [-0.1, -0.05) is 54.6 Å². The molecule has 4 heteroatoms. The summed E-state index contributed by atoms with van der Waals surface area (Å²) in [5.74, 6) is 1.55. The van der Waals surface area contributed by atoms with Crippen LogP contribution in [0.3, 0.4) is 0 Å². The van der Waals surface area contributed by atoms with Crippen LogP contribution in [0.25, 0.3) is 16.8 Å². The number of hydrogen-bond donors (Lipinski definition) is 0. The van der Waals surface area contributed by atoms with E-state index in [1.54, 1.807) is 31.1 Å². The van der Waals surface area contributed by atoms with Gasteiger partial charge in [0.15, 0.2) is 5.78 Å². The van der Waals surface area contributed by atoms with Gasteiger partial charge in [0.05, 0.1) is 12.1 Å². The van der Waals surface area contributed by atoms with Crippen molar-refractivity contribution in [3.63, 3.8) is 0 Å². The van der Waals surface area contributed by atoms with Crippen LogP contribution in [0.4, 0.5) is 0 Å². The molecule has 0 aliphatic carbocycles. The van der Waals surface area contributed by atoms with Gasteiger partial charge < -0.3 is 4.74 Å². The Labute approximate surface area is 180 Å². The van der Waals surface area contributed by atoms with Crippen molar-refractivity contribution in [2.75, 3.05) is 7.11 Å². The quantitative estimate of drug-likeness (QED) is 0.199. The lowest BCUT2D eigenvalue weighted by Gasteiger charge is -2.09. The number of hydrogen-bond acceptors (Lipinski definition) is 4. The molecule has 30 heavy (non-hydrogen) atoms. The van der Waals surface area contributed by atoms with E-state index in [0.29, 0.717) is 5.56 Å². The van der Waals surface area contributed by atoms with Crippen molar-refractivity contribution in [1.82, 2.24) is 4.98 Å². The number of carbonyl (C=O) groups is 1. The number of ketones is 1. The van der Waals surface area contributed by atoms with Crippen LogP contribution >= 0.6 is 11.8 Å². The number of ether oxygens (including phenoxy) is 1. The van der Waals surface area contributed by atoms with Crippen molar-refractivity contribution in [2.45, 2.75) is 10.8 Å². The molecule has 4 aromatic rings. The summed E-state index contributed by atoms with van der Waals surface area (Å²) in [5.41, 5.74) is 2.71. The molecule has 0 saturated heterocycles. The Bertz CT molecular complexity index is 1200. The first-order valence-electron chi connectivity index (χ1n) is 9.65. The second-order valence-electron chi connectivity index (χ2n) is 6.79. The van der Waals surface area contributed by atoms with Gasteiger partial charge in [0.1, 0.15) is 5.75 Å². The van der Waals surface area contributed by atoms with Crippen LogP contribution in [0.5, 0.6) is 5.75 Å². The number of aromatic nitrogens is 1. The number of rotatable bonds is 7. The van der Waals surface area contributed by atoms with E-state index in [0.717, 1.165) is 38.4 Å². The number of benzene rings is 3. The molecular weight excluding hydrogens is 390 g/mol. The fourth-order valence-electron chi connectivity index (χ4n) is 3.21. The lowest BCUT2D eigenvalue weighted by Crippen LogP contribution is -1.94. The fourth-order valence-corrected chi connectivity index (χ4v) is 4.05. The molecule has 0 unspecified atom stereocenters. The van der Waals surface area contributed by atoms with Crippen LogP contribution in [0.2, 0.25) is 0 Å². The van der Waals surface area contributed by atoms with Crippen LogP contribution in [-0.4, -0.2) is 17.9 Å². The summed E-state index contributed by atoms with van der Waals surface area (Å²) in [4.78, 5) is 17.0. The Kier molecular flexibility index (Phi) is 6.26.